The molecule has 3 rings (SSSR count). The van der Waals surface area contributed by atoms with Crippen LogP contribution in [-0.2, 0) is 11.2 Å². The highest BCUT2D eigenvalue weighted by atomic mass is 16.5. The van der Waals surface area contributed by atoms with Crippen molar-refractivity contribution in [2.75, 3.05) is 0 Å². The Kier molecular flexibility index (Phi) is 4.19. The Morgan fingerprint density at radius 1 is 1.27 bits per heavy atom. The molecule has 1 N–H and O–H groups in total. The molecule has 0 aliphatic heterocycles. The first-order chi connectivity index (χ1) is 10.5. The first-order valence-electron chi connectivity index (χ1n) is 8.19. The second kappa shape index (κ2) is 6.11. The second-order valence-corrected chi connectivity index (χ2v) is 6.67. The zero-order valence-electron chi connectivity index (χ0n) is 13.6. The van der Waals surface area contributed by atoms with Gasteiger partial charge in [0.2, 0.25) is 5.91 Å². The number of rotatable bonds is 3. The highest BCUT2D eigenvalue weighted by Gasteiger charge is 2.23. The molecule has 1 aromatic carbocycles. The van der Waals surface area contributed by atoms with E-state index in [9.17, 15) is 4.79 Å². The highest BCUT2D eigenvalue weighted by Crippen LogP contribution is 2.25. The van der Waals surface area contributed by atoms with E-state index in [1.54, 1.807) is 0 Å². The van der Waals surface area contributed by atoms with Crippen LogP contribution >= 0.6 is 0 Å². The average molecular weight is 300 g/mol. The van der Waals surface area contributed by atoms with Crippen LogP contribution in [0, 0.1) is 19.8 Å². The molecule has 1 fully saturated rings. The van der Waals surface area contributed by atoms with Crippen molar-refractivity contribution >= 4 is 16.9 Å². The summed E-state index contributed by atoms with van der Waals surface area (Å²) >= 11 is 0. The van der Waals surface area contributed by atoms with Crippen LogP contribution < -0.4 is 5.32 Å². The summed E-state index contributed by atoms with van der Waals surface area (Å²) in [5.41, 5.74) is 3.87. The van der Waals surface area contributed by atoms with Gasteiger partial charge in [-0.25, -0.2) is 0 Å². The smallest absolute Gasteiger partial charge is 0.226 e. The van der Waals surface area contributed by atoms with Gasteiger partial charge in [-0.2, -0.15) is 0 Å². The average Bonchev–Trinajstić information content (AvgIpc) is 2.84. The molecule has 22 heavy (non-hydrogen) atoms. The Hall–Kier alpha value is -1.84. The van der Waals surface area contributed by atoms with E-state index in [0.717, 1.165) is 23.1 Å². The summed E-state index contributed by atoms with van der Waals surface area (Å²) in [5.74, 6) is 0.615. The van der Waals surface area contributed by atoms with Crippen LogP contribution in [0.4, 0.5) is 0 Å². The summed E-state index contributed by atoms with van der Waals surface area (Å²) in [6.07, 6.45) is 5.07. The molecule has 1 aliphatic carbocycles. The molecule has 0 spiro atoms. The maximum atomic E-state index is 12.3. The molecule has 0 radical (unpaired) electrons. The minimum Gasteiger partial charge on any atom is -0.356 e. The molecular weight excluding hydrogens is 276 g/mol. The fourth-order valence-corrected chi connectivity index (χ4v) is 3.31. The predicted octanol–water partition coefficient (Wildman–Crippen LogP) is 3.68. The molecule has 0 bridgehead atoms. The van der Waals surface area contributed by atoms with E-state index in [1.165, 1.54) is 30.4 Å². The van der Waals surface area contributed by atoms with Gasteiger partial charge >= 0.3 is 0 Å². The van der Waals surface area contributed by atoms with Crippen LogP contribution in [0.5, 0.6) is 0 Å². The monoisotopic (exact) mass is 300 g/mol. The van der Waals surface area contributed by atoms with E-state index in [1.807, 2.05) is 13.0 Å². The van der Waals surface area contributed by atoms with Crippen molar-refractivity contribution in [2.45, 2.75) is 58.9 Å². The molecule has 4 nitrogen and oxygen atoms in total. The summed E-state index contributed by atoms with van der Waals surface area (Å²) in [6.45, 7) is 6.34. The van der Waals surface area contributed by atoms with Gasteiger partial charge in [0.25, 0.3) is 0 Å². The van der Waals surface area contributed by atoms with Gasteiger partial charge in [-0.05, 0) is 55.9 Å². The number of fused-ring (bicyclic) bond motifs is 1. The van der Waals surface area contributed by atoms with Gasteiger partial charge in [-0.3, -0.25) is 4.79 Å². The zero-order valence-corrected chi connectivity index (χ0v) is 13.6. The van der Waals surface area contributed by atoms with E-state index in [4.69, 9.17) is 4.52 Å². The molecule has 1 aliphatic rings. The van der Waals surface area contributed by atoms with Crippen LogP contribution in [-0.4, -0.2) is 17.1 Å². The van der Waals surface area contributed by atoms with Crippen LogP contribution in [0.25, 0.3) is 11.0 Å². The number of carbonyl (C=O) groups excluding carboxylic acids is 1. The van der Waals surface area contributed by atoms with Crippen molar-refractivity contribution in [1.29, 1.82) is 0 Å². The van der Waals surface area contributed by atoms with E-state index in [-0.39, 0.29) is 5.91 Å². The van der Waals surface area contributed by atoms with E-state index < -0.39 is 0 Å². The lowest BCUT2D eigenvalue weighted by Gasteiger charge is -2.29. The number of benzene rings is 1. The number of aromatic nitrogens is 1. The Morgan fingerprint density at radius 2 is 2.00 bits per heavy atom. The lowest BCUT2D eigenvalue weighted by atomic mass is 9.86. The molecule has 2 atom stereocenters. The summed E-state index contributed by atoms with van der Waals surface area (Å²) in [4.78, 5) is 12.3. The summed E-state index contributed by atoms with van der Waals surface area (Å²) < 4.78 is 5.37. The van der Waals surface area contributed by atoms with E-state index in [0.29, 0.717) is 18.4 Å². The van der Waals surface area contributed by atoms with Crippen molar-refractivity contribution in [3.63, 3.8) is 0 Å². The number of aryl methyl sites for hydroxylation is 2. The van der Waals surface area contributed by atoms with Gasteiger partial charge < -0.3 is 9.84 Å². The lowest BCUT2D eigenvalue weighted by Crippen LogP contribution is -2.41. The van der Waals surface area contributed by atoms with Crippen LogP contribution in [0.1, 0.15) is 49.4 Å². The molecule has 1 saturated carbocycles. The van der Waals surface area contributed by atoms with E-state index in [2.05, 4.69) is 30.4 Å². The fraction of sp³-hybridized carbons (Fsp3) is 0.556. The standard InChI is InChI=1S/C18H24N2O2/c1-11-6-4-5-7-15(11)19-18(21)10-16-14-8-12(2)13(3)9-17(14)22-20-16/h8-9,11,15H,4-7,10H2,1-3H3,(H,19,21). The number of nitrogens with one attached hydrogen (secondary N) is 1. The van der Waals surface area contributed by atoms with Crippen molar-refractivity contribution in [2.24, 2.45) is 5.92 Å². The van der Waals surface area contributed by atoms with Crippen LogP contribution in [0.3, 0.4) is 0 Å². The van der Waals surface area contributed by atoms with Crippen molar-refractivity contribution < 1.29 is 9.32 Å². The molecular formula is C18H24N2O2. The normalized spacial score (nSPS) is 22.0. The number of nitrogens with zero attached hydrogens (tertiary/aromatic N) is 1. The van der Waals surface area contributed by atoms with Crippen LogP contribution in [0.2, 0.25) is 0 Å². The summed E-state index contributed by atoms with van der Waals surface area (Å²) in [5, 5.41) is 8.22. The van der Waals surface area contributed by atoms with Gasteiger partial charge in [0.1, 0.15) is 5.69 Å². The highest BCUT2D eigenvalue weighted by molar-refractivity contribution is 5.87. The predicted molar refractivity (Wildman–Crippen MR) is 86.7 cm³/mol. The first-order valence-corrected chi connectivity index (χ1v) is 8.19. The van der Waals surface area contributed by atoms with Crippen molar-refractivity contribution in [1.82, 2.24) is 10.5 Å². The maximum absolute atomic E-state index is 12.3. The minimum absolute atomic E-state index is 0.0483. The lowest BCUT2D eigenvalue weighted by molar-refractivity contribution is -0.121. The number of hydrogen-bond donors (Lipinski definition) is 1. The molecule has 4 heteroatoms. The van der Waals surface area contributed by atoms with Gasteiger partial charge in [-0.15, -0.1) is 0 Å². The molecule has 1 heterocycles. The SMILES string of the molecule is Cc1cc2onc(CC(=O)NC3CCCCC3C)c2cc1C. The molecule has 118 valence electrons. The third kappa shape index (κ3) is 3.01. The fourth-order valence-electron chi connectivity index (χ4n) is 3.31. The zero-order chi connectivity index (χ0) is 15.7. The molecule has 2 unspecified atom stereocenters. The Balaban J connectivity index is 1.72. The molecule has 1 amide bonds. The Bertz CT molecular complexity index is 690. The quantitative estimate of drug-likeness (QED) is 0.940. The summed E-state index contributed by atoms with van der Waals surface area (Å²) in [7, 11) is 0. The van der Waals surface area contributed by atoms with Gasteiger partial charge in [0, 0.05) is 11.4 Å². The molecule has 2 aromatic rings. The molecule has 1 aromatic heterocycles. The topological polar surface area (TPSA) is 55.1 Å². The Labute approximate surface area is 131 Å². The number of amides is 1. The molecule has 0 saturated heterocycles. The van der Waals surface area contributed by atoms with Gasteiger partial charge in [0.05, 0.1) is 6.42 Å². The third-order valence-corrected chi connectivity index (χ3v) is 4.95. The minimum atomic E-state index is 0.0483. The number of hydrogen-bond acceptors (Lipinski definition) is 3. The van der Waals surface area contributed by atoms with Crippen molar-refractivity contribution in [3.05, 3.63) is 29.0 Å². The first kappa shape index (κ1) is 15.1. The van der Waals surface area contributed by atoms with E-state index >= 15 is 0 Å². The van der Waals surface area contributed by atoms with Crippen LogP contribution in [0.15, 0.2) is 16.7 Å². The van der Waals surface area contributed by atoms with Gasteiger partial charge in [-0.1, -0.05) is 24.9 Å². The summed E-state index contributed by atoms with van der Waals surface area (Å²) in [6, 6.07) is 4.36. The maximum Gasteiger partial charge on any atom is 0.226 e. The number of carbonyl (C=O) groups is 1. The Morgan fingerprint density at radius 3 is 2.77 bits per heavy atom. The van der Waals surface area contributed by atoms with Crippen molar-refractivity contribution in [3.8, 4) is 0 Å². The second-order valence-electron chi connectivity index (χ2n) is 6.67. The largest absolute Gasteiger partial charge is 0.356 e. The third-order valence-electron chi connectivity index (χ3n) is 4.95. The van der Waals surface area contributed by atoms with Gasteiger partial charge in [0.15, 0.2) is 5.58 Å².